The minimum Gasteiger partial charge on any atom is -0.383 e. The van der Waals surface area contributed by atoms with Crippen LogP contribution in [0, 0.1) is 0 Å². The summed E-state index contributed by atoms with van der Waals surface area (Å²) in [5.41, 5.74) is 0.384. The van der Waals surface area contributed by atoms with Crippen LogP contribution in [0.1, 0.15) is 36.5 Å². The van der Waals surface area contributed by atoms with Crippen molar-refractivity contribution in [3.05, 3.63) is 23.8 Å². The van der Waals surface area contributed by atoms with E-state index in [4.69, 9.17) is 4.74 Å². The third-order valence-electron chi connectivity index (χ3n) is 4.98. The molecule has 2 aliphatic rings. The number of rotatable bonds is 7. The molecule has 0 N–H and O–H groups in total. The number of amides is 1. The monoisotopic (exact) mass is 398 g/mol. The Hall–Kier alpha value is -1.84. The fourth-order valence-electron chi connectivity index (χ4n) is 3.59. The van der Waals surface area contributed by atoms with Crippen LogP contribution in [0.2, 0.25) is 0 Å². The lowest BCUT2D eigenvalue weighted by Gasteiger charge is -2.24. The molecular weight excluding hydrogens is 375 g/mol. The quantitative estimate of drug-likeness (QED) is 0.654. The molecule has 0 bridgehead atoms. The molecule has 3 rings (SSSR count). The van der Waals surface area contributed by atoms with E-state index in [1.54, 1.807) is 0 Å². The number of anilines is 1. The third-order valence-corrected chi connectivity index (χ3v) is 6.93. The second kappa shape index (κ2) is 7.65. The first kappa shape index (κ1) is 19.9. The number of fused-ring (bicyclic) bond motifs is 1. The first-order valence-electron chi connectivity index (χ1n) is 8.92. The fraction of sp³-hybridized carbons (Fsp3) is 0.556. The Balaban J connectivity index is 1.92. The van der Waals surface area contributed by atoms with E-state index in [0.717, 1.165) is 6.42 Å². The van der Waals surface area contributed by atoms with Crippen molar-refractivity contribution >= 4 is 27.4 Å². The molecule has 0 radical (unpaired) electrons. The van der Waals surface area contributed by atoms with Crippen LogP contribution < -0.4 is 4.90 Å². The van der Waals surface area contributed by atoms with Crippen LogP contribution in [0.3, 0.4) is 0 Å². The minimum absolute atomic E-state index is 0.0221. The van der Waals surface area contributed by atoms with Crippen molar-refractivity contribution in [2.75, 3.05) is 31.7 Å². The zero-order chi connectivity index (χ0) is 19.8. The van der Waals surface area contributed by atoms with Crippen molar-refractivity contribution < 1.29 is 27.1 Å². The summed E-state index contributed by atoms with van der Waals surface area (Å²) >= 11 is 0. The second-order valence-electron chi connectivity index (χ2n) is 6.90. The molecule has 1 aromatic carbocycles. The summed E-state index contributed by atoms with van der Waals surface area (Å²) in [6, 6.07) is 3.86. The van der Waals surface area contributed by atoms with Crippen LogP contribution in [0.15, 0.2) is 23.1 Å². The lowest BCUT2D eigenvalue weighted by atomic mass is 10.1. The summed E-state index contributed by atoms with van der Waals surface area (Å²) < 4.78 is 45.7. The number of ketones is 1. The van der Waals surface area contributed by atoms with Gasteiger partial charge in [-0.2, -0.15) is 4.31 Å². The van der Waals surface area contributed by atoms with E-state index < -0.39 is 27.9 Å². The van der Waals surface area contributed by atoms with E-state index in [1.807, 2.05) is 0 Å². The molecule has 7 nitrogen and oxygen atoms in total. The fourth-order valence-corrected chi connectivity index (χ4v) is 5.29. The molecule has 9 heteroatoms. The molecule has 1 unspecified atom stereocenters. The summed E-state index contributed by atoms with van der Waals surface area (Å²) in [5, 5.41) is 0. The standard InChI is InChI=1S/C18H23FN2O5S/c1-12(19)7-9-20-16-6-5-14(10-15(16)17(22)18(20)23)27(24,25)21-8-3-4-13(21)11-26-2/h5-6,10,12-13H,3-4,7-9,11H2,1-2H3/t12?,13-/m0/s1. The molecule has 27 heavy (non-hydrogen) atoms. The number of hydrogen-bond acceptors (Lipinski definition) is 5. The summed E-state index contributed by atoms with van der Waals surface area (Å²) in [7, 11) is -2.28. The average molecular weight is 398 g/mol. The van der Waals surface area contributed by atoms with Gasteiger partial charge in [-0.3, -0.25) is 9.59 Å². The maximum atomic E-state index is 13.1. The minimum atomic E-state index is -3.80. The number of alkyl halides is 1. The lowest BCUT2D eigenvalue weighted by Crippen LogP contribution is -2.38. The van der Waals surface area contributed by atoms with E-state index in [2.05, 4.69) is 0 Å². The number of carbonyl (C=O) groups excluding carboxylic acids is 2. The van der Waals surface area contributed by atoms with Gasteiger partial charge in [-0.05, 0) is 44.4 Å². The Labute approximate surface area is 158 Å². The molecule has 1 saturated heterocycles. The van der Waals surface area contributed by atoms with Crippen LogP contribution >= 0.6 is 0 Å². The summed E-state index contributed by atoms with van der Waals surface area (Å²) in [4.78, 5) is 25.7. The second-order valence-corrected chi connectivity index (χ2v) is 8.79. The van der Waals surface area contributed by atoms with Crippen LogP contribution in [0.25, 0.3) is 0 Å². The lowest BCUT2D eigenvalue weighted by molar-refractivity contribution is -0.114. The zero-order valence-corrected chi connectivity index (χ0v) is 16.2. The highest BCUT2D eigenvalue weighted by Crippen LogP contribution is 2.33. The van der Waals surface area contributed by atoms with Crippen LogP contribution in [0.4, 0.5) is 10.1 Å². The smallest absolute Gasteiger partial charge is 0.299 e. The van der Waals surface area contributed by atoms with Gasteiger partial charge in [0.25, 0.3) is 11.7 Å². The molecule has 148 valence electrons. The van der Waals surface area contributed by atoms with Crippen molar-refractivity contribution in [1.29, 1.82) is 0 Å². The topological polar surface area (TPSA) is 84.0 Å². The summed E-state index contributed by atoms with van der Waals surface area (Å²) in [5.74, 6) is -1.51. The number of carbonyl (C=O) groups is 2. The van der Waals surface area contributed by atoms with E-state index in [-0.39, 0.29) is 29.5 Å². The molecular formula is C18H23FN2O5S. The highest BCUT2D eigenvalue weighted by atomic mass is 32.2. The third kappa shape index (κ3) is 3.63. The van der Waals surface area contributed by atoms with Crippen molar-refractivity contribution in [2.24, 2.45) is 0 Å². The number of benzene rings is 1. The zero-order valence-electron chi connectivity index (χ0n) is 15.4. The van der Waals surface area contributed by atoms with Gasteiger partial charge in [-0.25, -0.2) is 12.8 Å². The first-order chi connectivity index (χ1) is 12.8. The van der Waals surface area contributed by atoms with Gasteiger partial charge in [0.2, 0.25) is 10.0 Å². The van der Waals surface area contributed by atoms with E-state index in [0.29, 0.717) is 25.3 Å². The summed E-state index contributed by atoms with van der Waals surface area (Å²) in [6.07, 6.45) is 0.449. The SMILES string of the molecule is COC[C@@H]1CCCN1S(=O)(=O)c1ccc2c(c1)C(=O)C(=O)N2CCC(C)F. The van der Waals surface area contributed by atoms with Crippen molar-refractivity contribution in [1.82, 2.24) is 4.31 Å². The maximum Gasteiger partial charge on any atom is 0.299 e. The molecule has 2 atom stereocenters. The van der Waals surface area contributed by atoms with Crippen LogP contribution in [-0.4, -0.2) is 63.4 Å². The molecule has 2 aliphatic heterocycles. The predicted octanol–water partition coefficient (Wildman–Crippen LogP) is 1.76. The number of methoxy groups -OCH3 is 1. The van der Waals surface area contributed by atoms with Gasteiger partial charge in [0.1, 0.15) is 0 Å². The van der Waals surface area contributed by atoms with Gasteiger partial charge in [0, 0.05) is 26.2 Å². The van der Waals surface area contributed by atoms with Crippen molar-refractivity contribution in [3.8, 4) is 0 Å². The molecule has 1 amide bonds. The molecule has 0 saturated carbocycles. The van der Waals surface area contributed by atoms with Gasteiger partial charge in [0.05, 0.1) is 28.9 Å². The highest BCUT2D eigenvalue weighted by molar-refractivity contribution is 7.89. The molecule has 0 aromatic heterocycles. The highest BCUT2D eigenvalue weighted by Gasteiger charge is 2.39. The first-order valence-corrected chi connectivity index (χ1v) is 10.4. The number of sulfonamides is 1. The van der Waals surface area contributed by atoms with Gasteiger partial charge in [-0.15, -0.1) is 0 Å². The van der Waals surface area contributed by atoms with Crippen LogP contribution in [0.5, 0.6) is 0 Å². The molecule has 1 aromatic rings. The maximum absolute atomic E-state index is 13.1. The van der Waals surface area contributed by atoms with E-state index >= 15 is 0 Å². The molecule has 1 fully saturated rings. The van der Waals surface area contributed by atoms with Crippen molar-refractivity contribution in [2.45, 2.75) is 43.3 Å². The van der Waals surface area contributed by atoms with Crippen molar-refractivity contribution in [3.63, 3.8) is 0 Å². The number of nitrogens with zero attached hydrogens (tertiary/aromatic N) is 2. The Kier molecular flexibility index (Phi) is 5.64. The number of Topliss-reactive ketones (excluding diaryl/α,β-unsaturated/α-hetero) is 1. The molecule has 2 heterocycles. The normalized spacial score (nSPS) is 21.7. The number of halogens is 1. The largest absolute Gasteiger partial charge is 0.383 e. The van der Waals surface area contributed by atoms with Gasteiger partial charge >= 0.3 is 0 Å². The Morgan fingerprint density at radius 1 is 1.33 bits per heavy atom. The number of ether oxygens (including phenoxy) is 1. The predicted molar refractivity (Wildman–Crippen MR) is 97.1 cm³/mol. The average Bonchev–Trinajstić information content (AvgIpc) is 3.18. The van der Waals surface area contributed by atoms with E-state index in [1.165, 1.54) is 41.4 Å². The van der Waals surface area contributed by atoms with Gasteiger partial charge in [0.15, 0.2) is 0 Å². The summed E-state index contributed by atoms with van der Waals surface area (Å²) in [6.45, 7) is 2.15. The Morgan fingerprint density at radius 2 is 2.07 bits per heavy atom. The molecule has 0 aliphatic carbocycles. The number of hydrogen-bond donors (Lipinski definition) is 0. The van der Waals surface area contributed by atoms with Gasteiger partial charge < -0.3 is 9.64 Å². The van der Waals surface area contributed by atoms with E-state index in [9.17, 15) is 22.4 Å². The van der Waals surface area contributed by atoms with Gasteiger partial charge in [-0.1, -0.05) is 0 Å². The Bertz CT molecular complexity index is 855. The Morgan fingerprint density at radius 3 is 2.74 bits per heavy atom. The molecule has 0 spiro atoms. The van der Waals surface area contributed by atoms with Crippen LogP contribution in [-0.2, 0) is 19.6 Å².